The van der Waals surface area contributed by atoms with E-state index in [1.807, 2.05) is 64.8 Å². The maximum Gasteiger partial charge on any atom is 0.357 e. The summed E-state index contributed by atoms with van der Waals surface area (Å²) in [4.78, 5) is 18.8. The Morgan fingerprint density at radius 3 is 2.68 bits per heavy atom. The SMILES string of the molecule is CCOC(=O)c1c(C)nc2cccc(SCCN(C(N)=S)c3ccccc3)n12. The lowest BCUT2D eigenvalue weighted by Crippen LogP contribution is -2.37. The van der Waals surface area contributed by atoms with Gasteiger partial charge in [-0.05, 0) is 50.3 Å². The van der Waals surface area contributed by atoms with Crippen LogP contribution in [0, 0.1) is 6.92 Å². The number of imidazole rings is 1. The van der Waals surface area contributed by atoms with Crippen molar-refractivity contribution in [2.24, 2.45) is 5.73 Å². The zero-order chi connectivity index (χ0) is 20.1. The van der Waals surface area contributed by atoms with Crippen LogP contribution in [0.4, 0.5) is 5.69 Å². The summed E-state index contributed by atoms with van der Waals surface area (Å²) in [5, 5.41) is 1.24. The first kappa shape index (κ1) is 20.2. The monoisotopic (exact) mass is 414 g/mol. The standard InChI is InChI=1S/C20H22N4O2S2/c1-3-26-19(25)18-14(2)22-16-10-7-11-17(24(16)18)28-13-12-23(20(21)27)15-8-5-4-6-9-15/h4-11H,3,12-13H2,1-2H3,(H2,21,27). The van der Waals surface area contributed by atoms with Crippen LogP contribution < -0.4 is 10.6 Å². The number of esters is 1. The number of hydrogen-bond donors (Lipinski definition) is 1. The minimum atomic E-state index is -0.366. The number of aromatic nitrogens is 2. The minimum Gasteiger partial charge on any atom is -0.461 e. The summed E-state index contributed by atoms with van der Waals surface area (Å²) in [5.41, 5.74) is 8.71. The Kier molecular flexibility index (Phi) is 6.53. The largest absolute Gasteiger partial charge is 0.461 e. The molecule has 3 rings (SSSR count). The number of nitrogens with two attached hydrogens (primary N) is 1. The van der Waals surface area contributed by atoms with Crippen LogP contribution in [-0.4, -0.2) is 39.4 Å². The van der Waals surface area contributed by atoms with Gasteiger partial charge in [-0.15, -0.1) is 11.8 Å². The van der Waals surface area contributed by atoms with Gasteiger partial charge in [-0.25, -0.2) is 9.78 Å². The van der Waals surface area contributed by atoms with Crippen LogP contribution in [0.1, 0.15) is 23.1 Å². The Labute approximate surface area is 173 Å². The van der Waals surface area contributed by atoms with Crippen LogP contribution in [0.5, 0.6) is 0 Å². The number of ether oxygens (including phenoxy) is 1. The van der Waals surface area contributed by atoms with Crippen molar-refractivity contribution in [1.82, 2.24) is 9.38 Å². The molecule has 146 valence electrons. The second-order valence-corrected chi connectivity index (χ2v) is 7.53. The van der Waals surface area contributed by atoms with E-state index in [2.05, 4.69) is 4.98 Å². The molecule has 0 saturated heterocycles. The second-order valence-electron chi connectivity index (χ2n) is 6.00. The van der Waals surface area contributed by atoms with Gasteiger partial charge in [0.1, 0.15) is 5.65 Å². The fourth-order valence-corrected chi connectivity index (χ4v) is 4.11. The number of hydrogen-bond acceptors (Lipinski definition) is 5. The van der Waals surface area contributed by atoms with Crippen LogP contribution in [0.3, 0.4) is 0 Å². The molecule has 0 saturated carbocycles. The highest BCUT2D eigenvalue weighted by Crippen LogP contribution is 2.24. The van der Waals surface area contributed by atoms with Crippen molar-refractivity contribution in [1.29, 1.82) is 0 Å². The summed E-state index contributed by atoms with van der Waals surface area (Å²) in [6, 6.07) is 15.6. The van der Waals surface area contributed by atoms with E-state index in [0.717, 1.165) is 22.1 Å². The van der Waals surface area contributed by atoms with Gasteiger partial charge in [0, 0.05) is 18.0 Å². The van der Waals surface area contributed by atoms with Crippen molar-refractivity contribution in [2.45, 2.75) is 18.9 Å². The lowest BCUT2D eigenvalue weighted by atomic mass is 10.3. The number of carbonyl (C=O) groups excluding carboxylic acids is 1. The van der Waals surface area contributed by atoms with Gasteiger partial charge in [0.2, 0.25) is 0 Å². The van der Waals surface area contributed by atoms with Crippen molar-refractivity contribution in [2.75, 3.05) is 23.8 Å². The number of benzene rings is 1. The molecular weight excluding hydrogens is 392 g/mol. The van der Waals surface area contributed by atoms with E-state index >= 15 is 0 Å². The fraction of sp³-hybridized carbons (Fsp3) is 0.250. The Morgan fingerprint density at radius 1 is 1.25 bits per heavy atom. The number of pyridine rings is 1. The van der Waals surface area contributed by atoms with Gasteiger partial charge in [0.25, 0.3) is 0 Å². The van der Waals surface area contributed by atoms with Crippen LogP contribution >= 0.6 is 24.0 Å². The van der Waals surface area contributed by atoms with Gasteiger partial charge in [-0.3, -0.25) is 4.40 Å². The molecule has 0 aliphatic carbocycles. The molecule has 0 fully saturated rings. The van der Waals surface area contributed by atoms with E-state index in [0.29, 0.717) is 29.7 Å². The number of carbonyl (C=O) groups is 1. The molecular formula is C20H22N4O2S2. The molecule has 28 heavy (non-hydrogen) atoms. The predicted molar refractivity (Wildman–Crippen MR) is 117 cm³/mol. The zero-order valence-corrected chi connectivity index (χ0v) is 17.4. The molecule has 0 atom stereocenters. The number of nitrogens with zero attached hydrogens (tertiary/aromatic N) is 3. The van der Waals surface area contributed by atoms with Gasteiger partial charge < -0.3 is 15.4 Å². The van der Waals surface area contributed by atoms with Gasteiger partial charge >= 0.3 is 5.97 Å². The summed E-state index contributed by atoms with van der Waals surface area (Å²) in [5.74, 6) is 0.361. The average molecular weight is 415 g/mol. The third-order valence-electron chi connectivity index (χ3n) is 4.15. The fourth-order valence-electron chi connectivity index (χ4n) is 2.94. The zero-order valence-electron chi connectivity index (χ0n) is 15.8. The molecule has 3 aromatic rings. The third kappa shape index (κ3) is 4.28. The Balaban J connectivity index is 1.82. The minimum absolute atomic E-state index is 0.320. The maximum absolute atomic E-state index is 12.4. The van der Waals surface area contributed by atoms with Crippen LogP contribution in [0.2, 0.25) is 0 Å². The van der Waals surface area contributed by atoms with Gasteiger partial charge in [0.15, 0.2) is 10.8 Å². The van der Waals surface area contributed by atoms with Crippen LogP contribution in [0.25, 0.3) is 5.65 Å². The number of thiocarbonyl (C=S) groups is 1. The van der Waals surface area contributed by atoms with E-state index < -0.39 is 0 Å². The highest BCUT2D eigenvalue weighted by Gasteiger charge is 2.20. The Hall–Kier alpha value is -2.58. The average Bonchev–Trinajstić information content (AvgIpc) is 3.02. The first-order valence-corrected chi connectivity index (χ1v) is 10.3. The quantitative estimate of drug-likeness (QED) is 0.359. The van der Waals surface area contributed by atoms with E-state index in [1.54, 1.807) is 18.7 Å². The van der Waals surface area contributed by atoms with Crippen molar-refractivity contribution in [3.63, 3.8) is 0 Å². The number of thioether (sulfide) groups is 1. The first-order chi connectivity index (χ1) is 13.5. The second kappa shape index (κ2) is 9.07. The molecule has 2 heterocycles. The Morgan fingerprint density at radius 2 is 2.00 bits per heavy atom. The first-order valence-electron chi connectivity index (χ1n) is 8.93. The smallest absolute Gasteiger partial charge is 0.357 e. The van der Waals surface area contributed by atoms with E-state index in [1.165, 1.54) is 0 Å². The Bertz CT molecular complexity index is 989. The third-order valence-corrected chi connectivity index (χ3v) is 5.37. The summed E-state index contributed by atoms with van der Waals surface area (Å²) in [6.07, 6.45) is 0. The number of rotatable bonds is 7. The van der Waals surface area contributed by atoms with Crippen molar-refractivity contribution in [3.8, 4) is 0 Å². The molecule has 0 unspecified atom stereocenters. The molecule has 0 radical (unpaired) electrons. The molecule has 0 amide bonds. The van der Waals surface area contributed by atoms with Crippen LogP contribution in [-0.2, 0) is 4.74 Å². The van der Waals surface area contributed by atoms with Crippen molar-refractivity contribution >= 4 is 46.4 Å². The highest BCUT2D eigenvalue weighted by atomic mass is 32.2. The molecule has 6 nitrogen and oxygen atoms in total. The van der Waals surface area contributed by atoms with E-state index in [-0.39, 0.29) is 5.97 Å². The lowest BCUT2D eigenvalue weighted by molar-refractivity contribution is 0.0516. The van der Waals surface area contributed by atoms with E-state index in [9.17, 15) is 4.79 Å². The molecule has 0 bridgehead atoms. The predicted octanol–water partition coefficient (Wildman–Crippen LogP) is 3.66. The number of para-hydroxylation sites is 1. The summed E-state index contributed by atoms with van der Waals surface area (Å²) in [7, 11) is 0. The summed E-state index contributed by atoms with van der Waals surface area (Å²) in [6.45, 7) is 4.57. The maximum atomic E-state index is 12.4. The molecule has 0 aliphatic rings. The van der Waals surface area contributed by atoms with Crippen LogP contribution in [0.15, 0.2) is 53.6 Å². The lowest BCUT2D eigenvalue weighted by Gasteiger charge is -2.22. The summed E-state index contributed by atoms with van der Waals surface area (Å²) >= 11 is 6.82. The normalized spacial score (nSPS) is 10.8. The number of anilines is 1. The van der Waals surface area contributed by atoms with Crippen molar-refractivity contribution in [3.05, 3.63) is 59.9 Å². The summed E-state index contributed by atoms with van der Waals surface area (Å²) < 4.78 is 7.06. The highest BCUT2D eigenvalue weighted by molar-refractivity contribution is 7.99. The van der Waals surface area contributed by atoms with Crippen molar-refractivity contribution < 1.29 is 9.53 Å². The van der Waals surface area contributed by atoms with Gasteiger partial charge in [-0.1, -0.05) is 24.3 Å². The molecule has 1 aromatic carbocycles. The molecule has 0 spiro atoms. The van der Waals surface area contributed by atoms with Gasteiger partial charge in [-0.2, -0.15) is 0 Å². The van der Waals surface area contributed by atoms with Gasteiger partial charge in [0.05, 0.1) is 17.3 Å². The molecule has 2 N–H and O–H groups in total. The molecule has 2 aromatic heterocycles. The number of fused-ring (bicyclic) bond motifs is 1. The topological polar surface area (TPSA) is 72.9 Å². The van der Waals surface area contributed by atoms with E-state index in [4.69, 9.17) is 22.7 Å². The molecule has 8 heteroatoms. The molecule has 0 aliphatic heterocycles. The number of aryl methyl sites for hydroxylation is 1.